The van der Waals surface area contributed by atoms with Crippen LogP contribution in [0.4, 0.5) is 0 Å². The molecule has 3 rings (SSSR count). The number of benzene rings is 1. The van der Waals surface area contributed by atoms with Crippen LogP contribution in [-0.4, -0.2) is 23.0 Å². The molecule has 2 heterocycles. The predicted molar refractivity (Wildman–Crippen MR) is 72.3 cm³/mol. The molecule has 1 aromatic carbocycles. The van der Waals surface area contributed by atoms with E-state index in [2.05, 4.69) is 12.0 Å². The normalized spacial score (nSPS) is 13.6. The van der Waals surface area contributed by atoms with Gasteiger partial charge in [-0.1, -0.05) is 0 Å². The molecule has 1 aromatic heterocycles. The first-order valence-corrected chi connectivity index (χ1v) is 6.32. The summed E-state index contributed by atoms with van der Waals surface area (Å²) in [5.41, 5.74) is 9.93. The molecule has 0 bridgehead atoms. The molecule has 5 nitrogen and oxygen atoms in total. The van der Waals surface area contributed by atoms with Crippen molar-refractivity contribution in [3.63, 3.8) is 0 Å². The summed E-state index contributed by atoms with van der Waals surface area (Å²) < 4.78 is 13.0. The largest absolute Gasteiger partial charge is 0.486 e. The molecule has 0 saturated carbocycles. The minimum Gasteiger partial charge on any atom is -0.486 e. The fraction of sp³-hybridized carbons (Fsp3) is 0.357. The van der Waals surface area contributed by atoms with Gasteiger partial charge < -0.3 is 15.2 Å². The number of nitrogens with two attached hydrogens (primary N) is 1. The van der Waals surface area contributed by atoms with E-state index in [1.54, 1.807) is 4.68 Å². The van der Waals surface area contributed by atoms with Gasteiger partial charge in [0.25, 0.3) is 0 Å². The number of fused-ring (bicyclic) bond motifs is 1. The van der Waals surface area contributed by atoms with E-state index in [-0.39, 0.29) is 0 Å². The highest BCUT2D eigenvalue weighted by molar-refractivity contribution is 5.72. The van der Waals surface area contributed by atoms with Gasteiger partial charge in [-0.05, 0) is 30.2 Å². The van der Waals surface area contributed by atoms with E-state index < -0.39 is 0 Å². The maximum atomic E-state index is 5.76. The Kier molecular flexibility index (Phi) is 2.91. The average molecular weight is 259 g/mol. The summed E-state index contributed by atoms with van der Waals surface area (Å²) in [6.07, 6.45) is 1.99. The molecule has 2 aromatic rings. The minimum absolute atomic E-state index is 0.421. The van der Waals surface area contributed by atoms with Crippen molar-refractivity contribution in [2.45, 2.75) is 13.5 Å². The van der Waals surface area contributed by atoms with Gasteiger partial charge in [0.05, 0.1) is 5.69 Å². The number of aromatic nitrogens is 2. The first-order valence-electron chi connectivity index (χ1n) is 6.32. The molecule has 19 heavy (non-hydrogen) atoms. The summed E-state index contributed by atoms with van der Waals surface area (Å²) in [5, 5.41) is 4.38. The number of rotatable bonds is 2. The highest BCUT2D eigenvalue weighted by Crippen LogP contribution is 2.37. The lowest BCUT2D eigenvalue weighted by atomic mass is 10.00. The van der Waals surface area contributed by atoms with Crippen molar-refractivity contribution in [1.29, 1.82) is 0 Å². The van der Waals surface area contributed by atoms with E-state index in [1.807, 2.05) is 25.4 Å². The Morgan fingerprint density at radius 3 is 2.58 bits per heavy atom. The maximum absolute atomic E-state index is 5.76. The minimum atomic E-state index is 0.421. The Bertz CT molecular complexity index is 619. The predicted octanol–water partition coefficient (Wildman–Crippen LogP) is 1.63. The SMILES string of the molecule is Cc1cc2c(cc1-c1cn(C)nc1CN)OCCO2. The van der Waals surface area contributed by atoms with Crippen LogP contribution in [0.2, 0.25) is 0 Å². The molecule has 2 N–H and O–H groups in total. The third kappa shape index (κ3) is 2.06. The maximum Gasteiger partial charge on any atom is 0.161 e. The zero-order chi connectivity index (χ0) is 13.4. The molecule has 1 aliphatic heterocycles. The zero-order valence-corrected chi connectivity index (χ0v) is 11.1. The topological polar surface area (TPSA) is 62.3 Å². The first kappa shape index (κ1) is 12.0. The average Bonchev–Trinajstić information content (AvgIpc) is 2.79. The van der Waals surface area contributed by atoms with Crippen LogP contribution in [0.1, 0.15) is 11.3 Å². The fourth-order valence-electron chi connectivity index (χ4n) is 2.39. The molecule has 5 heteroatoms. The van der Waals surface area contributed by atoms with Crippen LogP contribution in [0.25, 0.3) is 11.1 Å². The molecule has 100 valence electrons. The van der Waals surface area contributed by atoms with Crippen molar-refractivity contribution in [3.8, 4) is 22.6 Å². The van der Waals surface area contributed by atoms with Gasteiger partial charge in [-0.3, -0.25) is 4.68 Å². The van der Waals surface area contributed by atoms with Crippen molar-refractivity contribution < 1.29 is 9.47 Å². The van der Waals surface area contributed by atoms with E-state index in [1.165, 1.54) is 0 Å². The number of ether oxygens (including phenoxy) is 2. The molecule has 0 aliphatic carbocycles. The summed E-state index contributed by atoms with van der Waals surface area (Å²) in [6.45, 7) is 3.67. The number of nitrogens with zero attached hydrogens (tertiary/aromatic N) is 2. The molecule has 0 amide bonds. The molecule has 0 atom stereocenters. The van der Waals surface area contributed by atoms with Gasteiger partial charge >= 0.3 is 0 Å². The van der Waals surface area contributed by atoms with Crippen molar-refractivity contribution in [1.82, 2.24) is 9.78 Å². The molecule has 0 unspecified atom stereocenters. The molecule has 1 aliphatic rings. The van der Waals surface area contributed by atoms with Crippen LogP contribution in [0.15, 0.2) is 18.3 Å². The van der Waals surface area contributed by atoms with E-state index in [0.717, 1.165) is 33.9 Å². The Hall–Kier alpha value is -2.01. The van der Waals surface area contributed by atoms with Gasteiger partial charge in [-0.2, -0.15) is 5.10 Å². The lowest BCUT2D eigenvalue weighted by Gasteiger charge is -2.20. The third-order valence-electron chi connectivity index (χ3n) is 3.28. The molecule has 0 radical (unpaired) electrons. The van der Waals surface area contributed by atoms with Gasteiger partial charge in [0, 0.05) is 25.4 Å². The van der Waals surface area contributed by atoms with Gasteiger partial charge in [-0.15, -0.1) is 0 Å². The Labute approximate surface area is 111 Å². The third-order valence-corrected chi connectivity index (χ3v) is 3.28. The van der Waals surface area contributed by atoms with Crippen LogP contribution in [0.3, 0.4) is 0 Å². The smallest absolute Gasteiger partial charge is 0.161 e. The Morgan fingerprint density at radius 1 is 1.21 bits per heavy atom. The fourth-order valence-corrected chi connectivity index (χ4v) is 2.39. The second-order valence-electron chi connectivity index (χ2n) is 4.68. The molecular formula is C14H17N3O2. The molecular weight excluding hydrogens is 242 g/mol. The van der Waals surface area contributed by atoms with Crippen molar-refractivity contribution in [2.24, 2.45) is 12.8 Å². The van der Waals surface area contributed by atoms with Gasteiger partial charge in [0.2, 0.25) is 0 Å². The summed E-state index contributed by atoms with van der Waals surface area (Å²) in [4.78, 5) is 0. The monoisotopic (exact) mass is 259 g/mol. The van der Waals surface area contributed by atoms with E-state index in [0.29, 0.717) is 19.8 Å². The highest BCUT2D eigenvalue weighted by atomic mass is 16.6. The number of hydrogen-bond acceptors (Lipinski definition) is 4. The molecule has 0 spiro atoms. The lowest BCUT2D eigenvalue weighted by Crippen LogP contribution is -2.15. The van der Waals surface area contributed by atoms with Crippen LogP contribution in [0, 0.1) is 6.92 Å². The summed E-state index contributed by atoms with van der Waals surface area (Å²) in [7, 11) is 1.90. The van der Waals surface area contributed by atoms with E-state index in [4.69, 9.17) is 15.2 Å². The van der Waals surface area contributed by atoms with Gasteiger partial charge in [0.1, 0.15) is 13.2 Å². The van der Waals surface area contributed by atoms with Crippen LogP contribution < -0.4 is 15.2 Å². The quantitative estimate of drug-likeness (QED) is 0.890. The van der Waals surface area contributed by atoms with E-state index >= 15 is 0 Å². The Balaban J connectivity index is 2.14. The summed E-state index contributed by atoms with van der Waals surface area (Å²) >= 11 is 0. The van der Waals surface area contributed by atoms with Gasteiger partial charge in [-0.25, -0.2) is 0 Å². The van der Waals surface area contributed by atoms with Crippen LogP contribution >= 0.6 is 0 Å². The second-order valence-corrected chi connectivity index (χ2v) is 4.68. The standard InChI is InChI=1S/C14H17N3O2/c1-9-5-13-14(19-4-3-18-13)6-10(9)11-8-17(2)16-12(11)7-15/h5-6,8H,3-4,7,15H2,1-2H3. The zero-order valence-electron chi connectivity index (χ0n) is 11.1. The number of aryl methyl sites for hydroxylation is 2. The second kappa shape index (κ2) is 4.59. The highest BCUT2D eigenvalue weighted by Gasteiger charge is 2.17. The summed E-state index contributed by atoms with van der Waals surface area (Å²) in [6, 6.07) is 4.02. The van der Waals surface area contributed by atoms with Crippen LogP contribution in [0.5, 0.6) is 11.5 Å². The van der Waals surface area contributed by atoms with Gasteiger partial charge in [0.15, 0.2) is 11.5 Å². The van der Waals surface area contributed by atoms with Crippen molar-refractivity contribution >= 4 is 0 Å². The lowest BCUT2D eigenvalue weighted by molar-refractivity contribution is 0.171. The first-order chi connectivity index (χ1) is 9.19. The Morgan fingerprint density at radius 2 is 1.89 bits per heavy atom. The van der Waals surface area contributed by atoms with E-state index in [9.17, 15) is 0 Å². The molecule has 0 saturated heterocycles. The van der Waals surface area contributed by atoms with Crippen molar-refractivity contribution in [3.05, 3.63) is 29.6 Å². The summed E-state index contributed by atoms with van der Waals surface area (Å²) in [5.74, 6) is 1.60. The number of hydrogen-bond donors (Lipinski definition) is 1. The van der Waals surface area contributed by atoms with Crippen LogP contribution in [-0.2, 0) is 13.6 Å². The molecule has 0 fully saturated rings. The van der Waals surface area contributed by atoms with Crippen molar-refractivity contribution in [2.75, 3.05) is 13.2 Å².